The third-order valence-corrected chi connectivity index (χ3v) is 7.30. The highest BCUT2D eigenvalue weighted by Gasteiger charge is 2.24. The molecule has 1 aromatic carbocycles. The molecule has 5 rings (SSSR count). The van der Waals surface area contributed by atoms with Crippen LogP contribution in [0.3, 0.4) is 0 Å². The Morgan fingerprint density at radius 3 is 2.71 bits per heavy atom. The minimum atomic E-state index is -0.349. The largest absolute Gasteiger partial charge is 0.361 e. The molecular formula is C26H35N5O2S. The number of nitrogens with zero attached hydrogens (tertiary/aromatic N) is 2. The van der Waals surface area contributed by atoms with E-state index in [-0.39, 0.29) is 11.6 Å². The van der Waals surface area contributed by atoms with Gasteiger partial charge in [0, 0.05) is 47.3 Å². The highest BCUT2D eigenvalue weighted by Crippen LogP contribution is 2.30. The Morgan fingerprint density at radius 2 is 2.03 bits per heavy atom. The number of rotatable bonds is 6. The lowest BCUT2D eigenvalue weighted by Crippen LogP contribution is -2.27. The highest BCUT2D eigenvalue weighted by atomic mass is 32.1. The molecule has 0 spiro atoms. The maximum atomic E-state index is 12.3. The Balaban J connectivity index is 0.000000197. The summed E-state index contributed by atoms with van der Waals surface area (Å²) in [6.45, 7) is 8.86. The Hall–Kier alpha value is -2.81. The van der Waals surface area contributed by atoms with Gasteiger partial charge in [0.05, 0.1) is 6.04 Å². The fourth-order valence-electron chi connectivity index (χ4n) is 3.96. The number of hydrogen-bond donors (Lipinski definition) is 3. The smallest absolute Gasteiger partial charge is 0.294 e. The third-order valence-electron chi connectivity index (χ3n) is 5.94. The lowest BCUT2D eigenvalue weighted by molar-refractivity contribution is -0.110. The van der Waals surface area contributed by atoms with Crippen LogP contribution < -0.4 is 21.5 Å². The van der Waals surface area contributed by atoms with Gasteiger partial charge in [-0.15, -0.1) is 11.3 Å². The molecule has 2 aromatic heterocycles. The van der Waals surface area contributed by atoms with E-state index in [1.165, 1.54) is 15.3 Å². The molecule has 2 unspecified atom stereocenters. The molecule has 0 saturated carbocycles. The van der Waals surface area contributed by atoms with Gasteiger partial charge in [-0.05, 0) is 44.0 Å². The van der Waals surface area contributed by atoms with Crippen molar-refractivity contribution in [2.45, 2.75) is 65.3 Å². The van der Waals surface area contributed by atoms with Crippen LogP contribution in [0.1, 0.15) is 65.9 Å². The van der Waals surface area contributed by atoms with Gasteiger partial charge < -0.3 is 20.7 Å². The van der Waals surface area contributed by atoms with Crippen molar-refractivity contribution in [3.63, 3.8) is 0 Å². The molecule has 0 fully saturated rings. The number of fused-ring (bicyclic) bond motifs is 2. The summed E-state index contributed by atoms with van der Waals surface area (Å²) in [6, 6.07) is 12.3. The number of hydrogen-bond acceptors (Lipinski definition) is 7. The number of nitrogens with one attached hydrogen (secondary N) is 3. The second-order valence-corrected chi connectivity index (χ2v) is 9.23. The molecule has 0 saturated heterocycles. The van der Waals surface area contributed by atoms with Gasteiger partial charge in [0.2, 0.25) is 0 Å². The molecule has 4 heterocycles. The normalized spacial score (nSPS) is 16.3. The van der Waals surface area contributed by atoms with E-state index < -0.39 is 0 Å². The molecule has 7 nitrogen and oxygen atoms in total. The summed E-state index contributed by atoms with van der Waals surface area (Å²) < 4.78 is 1.55. The summed E-state index contributed by atoms with van der Waals surface area (Å²) in [6.07, 6.45) is 3.92. The molecule has 0 bridgehead atoms. The van der Waals surface area contributed by atoms with Crippen molar-refractivity contribution in [2.24, 2.45) is 0 Å². The van der Waals surface area contributed by atoms with Gasteiger partial charge in [-0.1, -0.05) is 44.2 Å². The zero-order valence-electron chi connectivity index (χ0n) is 20.4. The van der Waals surface area contributed by atoms with Gasteiger partial charge in [0.1, 0.15) is 6.29 Å². The average molecular weight is 482 g/mol. The van der Waals surface area contributed by atoms with Crippen LogP contribution in [0, 0.1) is 0 Å². The molecule has 182 valence electrons. The molecule has 8 heteroatoms. The summed E-state index contributed by atoms with van der Waals surface area (Å²) in [5.74, 6) is 0.298. The Kier molecular flexibility index (Phi) is 9.56. The van der Waals surface area contributed by atoms with Crippen LogP contribution >= 0.6 is 11.3 Å². The number of aryl methyl sites for hydroxylation is 1. The molecule has 3 N–H and O–H groups in total. The lowest BCUT2D eigenvalue weighted by Gasteiger charge is -2.11. The second-order valence-electron chi connectivity index (χ2n) is 8.07. The Bertz CT molecular complexity index is 1100. The van der Waals surface area contributed by atoms with Crippen molar-refractivity contribution in [1.29, 1.82) is 0 Å². The van der Waals surface area contributed by atoms with Crippen LogP contribution in [0.2, 0.25) is 0 Å². The first kappa shape index (κ1) is 25.8. The third kappa shape index (κ3) is 6.00. The quantitative estimate of drug-likeness (QED) is 0.458. The van der Waals surface area contributed by atoms with Gasteiger partial charge in [-0.2, -0.15) is 0 Å². The molecular weight excluding hydrogens is 446 g/mol. The van der Waals surface area contributed by atoms with E-state index in [1.807, 2.05) is 62.6 Å². The zero-order valence-corrected chi connectivity index (χ0v) is 21.2. The lowest BCUT2D eigenvalue weighted by atomic mass is 10.2. The molecule has 2 aliphatic rings. The molecule has 2 aliphatic heterocycles. The van der Waals surface area contributed by atoms with E-state index >= 15 is 0 Å². The minimum absolute atomic E-state index is 0.215. The van der Waals surface area contributed by atoms with Crippen molar-refractivity contribution in [3.8, 4) is 0 Å². The van der Waals surface area contributed by atoms with Crippen LogP contribution in [-0.4, -0.2) is 22.9 Å². The van der Waals surface area contributed by atoms with E-state index in [4.69, 9.17) is 0 Å². The maximum absolute atomic E-state index is 12.3. The van der Waals surface area contributed by atoms with Gasteiger partial charge in [-0.25, -0.2) is 4.98 Å². The van der Waals surface area contributed by atoms with Gasteiger partial charge >= 0.3 is 0 Å². The van der Waals surface area contributed by atoms with Crippen LogP contribution in [0.25, 0.3) is 0 Å². The molecule has 0 aliphatic carbocycles. The molecule has 3 aromatic rings. The van der Waals surface area contributed by atoms with Gasteiger partial charge in [0.15, 0.2) is 5.82 Å². The van der Waals surface area contributed by atoms with Crippen molar-refractivity contribution in [1.82, 2.24) is 20.2 Å². The highest BCUT2D eigenvalue weighted by molar-refractivity contribution is 7.12. The summed E-state index contributed by atoms with van der Waals surface area (Å²) >= 11 is 1.93. The molecule has 34 heavy (non-hydrogen) atoms. The van der Waals surface area contributed by atoms with E-state index in [2.05, 4.69) is 33.9 Å². The maximum Gasteiger partial charge on any atom is 0.294 e. The zero-order chi connectivity index (χ0) is 24.5. The fraction of sp³-hybridized carbons (Fsp3) is 0.423. The Morgan fingerprint density at radius 1 is 1.26 bits per heavy atom. The van der Waals surface area contributed by atoms with E-state index in [0.717, 1.165) is 37.1 Å². The van der Waals surface area contributed by atoms with Gasteiger partial charge in [-0.3, -0.25) is 9.36 Å². The van der Waals surface area contributed by atoms with Crippen LogP contribution in [0.5, 0.6) is 0 Å². The number of thiophene rings is 1. The first-order valence-corrected chi connectivity index (χ1v) is 12.7. The fourth-order valence-corrected chi connectivity index (χ4v) is 5.18. The summed E-state index contributed by atoms with van der Waals surface area (Å²) in [5, 5.41) is 9.65. The average Bonchev–Trinajstić information content (AvgIpc) is 3.60. The summed E-state index contributed by atoms with van der Waals surface area (Å²) in [4.78, 5) is 30.5. The number of aldehydes is 1. The summed E-state index contributed by atoms with van der Waals surface area (Å²) in [5.41, 5.74) is 3.19. The first-order chi connectivity index (χ1) is 16.6. The van der Waals surface area contributed by atoms with Gasteiger partial charge in [0.25, 0.3) is 5.56 Å². The topological polar surface area (TPSA) is 88.1 Å². The Labute approximate surface area is 205 Å². The number of carbonyl (C=O) groups excluding carboxylic acids is 1. The standard InChI is InChI=1S/C15H15N3O2.C9H14N2S.C2H6/c19-10-13-7-6-12-9-17-14(15(20)18(12)13)16-8-11-4-2-1-3-5-11;1-6(10-2)8-3-7-4-11-5-9(7)12-8;1-2/h1-5,9-10,13H,6-8H2,(H,16,17);3,6,10-11H,4-5H2,1-2H3;1-2H3. The minimum Gasteiger partial charge on any atom is -0.361 e. The van der Waals surface area contributed by atoms with E-state index in [1.54, 1.807) is 10.8 Å². The SMILES string of the molecule is CC.CNC(C)c1cc2c(s1)CNC2.O=CC1CCc2cnc(NCc3ccccc3)c(=O)n21. The number of aromatic nitrogens is 2. The monoisotopic (exact) mass is 481 g/mol. The van der Waals surface area contributed by atoms with Crippen LogP contribution in [0.15, 0.2) is 47.4 Å². The van der Waals surface area contributed by atoms with E-state index in [9.17, 15) is 9.59 Å². The first-order valence-electron chi connectivity index (χ1n) is 11.9. The molecule has 2 atom stereocenters. The predicted molar refractivity (Wildman–Crippen MR) is 139 cm³/mol. The van der Waals surface area contributed by atoms with Crippen molar-refractivity contribution < 1.29 is 4.79 Å². The van der Waals surface area contributed by atoms with Crippen LogP contribution in [0.4, 0.5) is 5.82 Å². The molecule has 0 amide bonds. The number of carbonyl (C=O) groups is 1. The van der Waals surface area contributed by atoms with Crippen molar-refractivity contribution in [3.05, 3.63) is 79.5 Å². The number of anilines is 1. The second kappa shape index (κ2) is 12.6. The predicted octanol–water partition coefficient (Wildman–Crippen LogP) is 4.20. The number of benzene rings is 1. The summed E-state index contributed by atoms with van der Waals surface area (Å²) in [7, 11) is 2.01. The van der Waals surface area contributed by atoms with Crippen molar-refractivity contribution in [2.75, 3.05) is 12.4 Å². The van der Waals surface area contributed by atoms with Crippen molar-refractivity contribution >= 4 is 23.4 Å². The van der Waals surface area contributed by atoms with E-state index in [0.29, 0.717) is 24.8 Å². The molecule has 0 radical (unpaired) electrons. The van der Waals surface area contributed by atoms with Crippen LogP contribution in [-0.2, 0) is 30.8 Å².